The van der Waals surface area contributed by atoms with Crippen molar-refractivity contribution in [3.05, 3.63) is 11.5 Å². The summed E-state index contributed by atoms with van der Waals surface area (Å²) in [6, 6.07) is 0.0979. The Kier molecular flexibility index (Phi) is 6.77. The van der Waals surface area contributed by atoms with Crippen molar-refractivity contribution >= 4 is 15.9 Å². The molecule has 0 saturated carbocycles. The van der Waals surface area contributed by atoms with Crippen molar-refractivity contribution in [3.63, 3.8) is 0 Å². The van der Waals surface area contributed by atoms with Gasteiger partial charge in [-0.1, -0.05) is 5.16 Å². The van der Waals surface area contributed by atoms with Crippen LogP contribution in [0.1, 0.15) is 56.9 Å². The fourth-order valence-electron chi connectivity index (χ4n) is 4.07. The minimum Gasteiger partial charge on any atom is -0.378 e. The predicted octanol–water partition coefficient (Wildman–Crippen LogP) is 2.16. The molecule has 0 radical (unpaired) electrons. The Hall–Kier alpha value is -1.45. The maximum atomic E-state index is 12.9. The Bertz CT molecular complexity index is 758. The van der Waals surface area contributed by atoms with Gasteiger partial charge in [-0.3, -0.25) is 4.79 Å². The van der Waals surface area contributed by atoms with E-state index in [2.05, 4.69) is 10.5 Å². The van der Waals surface area contributed by atoms with Crippen LogP contribution in [0.25, 0.3) is 0 Å². The Balaban J connectivity index is 1.48. The summed E-state index contributed by atoms with van der Waals surface area (Å²) in [4.78, 5) is 12.7. The van der Waals surface area contributed by atoms with Crippen molar-refractivity contribution in [3.8, 4) is 0 Å². The van der Waals surface area contributed by atoms with Crippen molar-refractivity contribution in [1.82, 2.24) is 14.8 Å². The van der Waals surface area contributed by atoms with E-state index in [1.54, 1.807) is 13.8 Å². The molecule has 2 saturated heterocycles. The van der Waals surface area contributed by atoms with Crippen molar-refractivity contribution in [2.75, 3.05) is 19.7 Å². The number of hydrogen-bond acceptors (Lipinski definition) is 6. The first kappa shape index (κ1) is 21.3. The molecule has 2 unspecified atom stereocenters. The second-order valence-corrected chi connectivity index (χ2v) is 9.83. The third-order valence-electron chi connectivity index (χ3n) is 5.72. The minimum absolute atomic E-state index is 0.0224. The van der Waals surface area contributed by atoms with Gasteiger partial charge in [0.05, 0.1) is 6.10 Å². The van der Waals surface area contributed by atoms with E-state index < -0.39 is 10.0 Å². The number of carbonyl (C=O) groups is 1. The van der Waals surface area contributed by atoms with Crippen LogP contribution in [-0.4, -0.2) is 55.6 Å². The zero-order chi connectivity index (χ0) is 20.3. The molecule has 28 heavy (non-hydrogen) atoms. The molecule has 8 nitrogen and oxygen atoms in total. The van der Waals surface area contributed by atoms with Gasteiger partial charge >= 0.3 is 0 Å². The van der Waals surface area contributed by atoms with E-state index in [9.17, 15) is 13.2 Å². The van der Waals surface area contributed by atoms with Gasteiger partial charge in [0.1, 0.15) is 10.6 Å². The largest absolute Gasteiger partial charge is 0.378 e. The molecule has 3 heterocycles. The van der Waals surface area contributed by atoms with Crippen LogP contribution < -0.4 is 5.32 Å². The number of nitrogens with one attached hydrogen (secondary N) is 1. The highest BCUT2D eigenvalue weighted by atomic mass is 32.2. The molecule has 0 aromatic carbocycles. The van der Waals surface area contributed by atoms with Gasteiger partial charge in [0.25, 0.3) is 0 Å². The van der Waals surface area contributed by atoms with Crippen LogP contribution in [0, 0.1) is 19.8 Å². The minimum atomic E-state index is -3.64. The monoisotopic (exact) mass is 413 g/mol. The molecule has 2 fully saturated rings. The van der Waals surface area contributed by atoms with Crippen LogP contribution in [0.4, 0.5) is 0 Å². The predicted molar refractivity (Wildman–Crippen MR) is 103 cm³/mol. The van der Waals surface area contributed by atoms with Crippen LogP contribution in [0.15, 0.2) is 9.42 Å². The van der Waals surface area contributed by atoms with E-state index in [1.807, 2.05) is 6.92 Å². The number of hydrogen-bond donors (Lipinski definition) is 1. The maximum absolute atomic E-state index is 12.9. The van der Waals surface area contributed by atoms with Gasteiger partial charge in [-0.15, -0.1) is 0 Å². The summed E-state index contributed by atoms with van der Waals surface area (Å²) in [7, 11) is -3.64. The summed E-state index contributed by atoms with van der Waals surface area (Å²) in [6.45, 7) is 6.75. The molecule has 1 N–H and O–H groups in total. The first-order valence-electron chi connectivity index (χ1n) is 10.1. The molecule has 2 aliphatic heterocycles. The molecule has 1 amide bonds. The lowest BCUT2D eigenvalue weighted by molar-refractivity contribution is -0.126. The quantitative estimate of drug-likeness (QED) is 0.735. The second-order valence-electron chi connectivity index (χ2n) is 7.95. The topological polar surface area (TPSA) is 102 Å². The summed E-state index contributed by atoms with van der Waals surface area (Å²) in [5.74, 6) is 0.174. The standard InChI is InChI=1S/C19H31N3O5S/c1-13(6-7-17-5-4-12-26-17)20-19(23)16-8-10-22(11-9-16)28(24,25)18-14(2)21-27-15(18)3/h13,16-17H,4-12H2,1-3H3,(H,20,23). The van der Waals surface area contributed by atoms with E-state index in [1.165, 1.54) is 4.31 Å². The Morgan fingerprint density at radius 1 is 1.29 bits per heavy atom. The van der Waals surface area contributed by atoms with E-state index in [-0.39, 0.29) is 22.8 Å². The number of carbonyl (C=O) groups excluding carboxylic acids is 1. The van der Waals surface area contributed by atoms with Gasteiger partial charge in [-0.2, -0.15) is 4.31 Å². The first-order chi connectivity index (χ1) is 13.3. The smallest absolute Gasteiger partial charge is 0.248 e. The third kappa shape index (κ3) is 4.75. The van der Waals surface area contributed by atoms with E-state index in [0.29, 0.717) is 43.5 Å². The molecule has 2 aliphatic rings. The summed E-state index contributed by atoms with van der Waals surface area (Å²) >= 11 is 0. The Morgan fingerprint density at radius 2 is 2.00 bits per heavy atom. The fourth-order valence-corrected chi connectivity index (χ4v) is 5.83. The van der Waals surface area contributed by atoms with Crippen molar-refractivity contribution in [2.24, 2.45) is 5.92 Å². The van der Waals surface area contributed by atoms with Gasteiger partial charge in [0.15, 0.2) is 5.76 Å². The van der Waals surface area contributed by atoms with Gasteiger partial charge in [0.2, 0.25) is 15.9 Å². The molecule has 0 bridgehead atoms. The number of aromatic nitrogens is 1. The average Bonchev–Trinajstić information content (AvgIpc) is 3.30. The molecular formula is C19H31N3O5S. The van der Waals surface area contributed by atoms with Crippen molar-refractivity contribution in [1.29, 1.82) is 0 Å². The summed E-state index contributed by atoms with van der Waals surface area (Å²) in [6.07, 6.45) is 5.47. The van der Waals surface area contributed by atoms with Crippen LogP contribution in [0.2, 0.25) is 0 Å². The first-order valence-corrected chi connectivity index (χ1v) is 11.6. The molecule has 9 heteroatoms. The third-order valence-corrected chi connectivity index (χ3v) is 7.87. The van der Waals surface area contributed by atoms with Crippen LogP contribution in [-0.2, 0) is 19.6 Å². The van der Waals surface area contributed by atoms with Gasteiger partial charge in [-0.05, 0) is 59.3 Å². The molecule has 2 atom stereocenters. The number of aryl methyl sites for hydroxylation is 2. The zero-order valence-corrected chi connectivity index (χ0v) is 17.8. The summed E-state index contributed by atoms with van der Waals surface area (Å²) in [5.41, 5.74) is 0.373. The second kappa shape index (κ2) is 8.92. The number of piperidine rings is 1. The molecule has 1 aromatic heterocycles. The molecular weight excluding hydrogens is 382 g/mol. The Labute approximate surface area is 167 Å². The van der Waals surface area contributed by atoms with Gasteiger partial charge < -0.3 is 14.6 Å². The normalized spacial score (nSPS) is 23.0. The lowest BCUT2D eigenvalue weighted by Crippen LogP contribution is -2.45. The fraction of sp³-hybridized carbons (Fsp3) is 0.789. The van der Waals surface area contributed by atoms with Crippen LogP contribution in [0.5, 0.6) is 0 Å². The highest BCUT2D eigenvalue weighted by molar-refractivity contribution is 7.89. The number of ether oxygens (including phenoxy) is 1. The van der Waals surface area contributed by atoms with Gasteiger partial charge in [0, 0.05) is 31.7 Å². The molecule has 0 aliphatic carbocycles. The molecule has 0 spiro atoms. The lowest BCUT2D eigenvalue weighted by atomic mass is 9.96. The molecule has 3 rings (SSSR count). The zero-order valence-electron chi connectivity index (χ0n) is 16.9. The molecule has 1 aromatic rings. The Morgan fingerprint density at radius 3 is 2.57 bits per heavy atom. The highest BCUT2D eigenvalue weighted by Gasteiger charge is 2.35. The van der Waals surface area contributed by atoms with Crippen molar-refractivity contribution < 1.29 is 22.5 Å². The number of rotatable bonds is 7. The SMILES string of the molecule is Cc1noc(C)c1S(=O)(=O)N1CCC(C(=O)NC(C)CCC2CCCO2)CC1. The van der Waals surface area contributed by atoms with E-state index >= 15 is 0 Å². The number of amides is 1. The summed E-state index contributed by atoms with van der Waals surface area (Å²) < 4.78 is 37.8. The lowest BCUT2D eigenvalue weighted by Gasteiger charge is -2.31. The maximum Gasteiger partial charge on any atom is 0.248 e. The van der Waals surface area contributed by atoms with Crippen molar-refractivity contribution in [2.45, 2.75) is 76.3 Å². The summed E-state index contributed by atoms with van der Waals surface area (Å²) in [5, 5.41) is 6.83. The van der Waals surface area contributed by atoms with E-state index in [4.69, 9.17) is 9.26 Å². The molecule has 158 valence electrons. The highest BCUT2D eigenvalue weighted by Crippen LogP contribution is 2.28. The van der Waals surface area contributed by atoms with Gasteiger partial charge in [-0.25, -0.2) is 8.42 Å². The average molecular weight is 414 g/mol. The van der Waals surface area contributed by atoms with E-state index in [0.717, 1.165) is 32.3 Å². The van der Waals surface area contributed by atoms with Crippen LogP contribution in [0.3, 0.4) is 0 Å². The van der Waals surface area contributed by atoms with Crippen LogP contribution >= 0.6 is 0 Å². The number of sulfonamides is 1. The number of nitrogens with zero attached hydrogens (tertiary/aromatic N) is 2.